The van der Waals surface area contributed by atoms with Gasteiger partial charge in [0.25, 0.3) is 11.5 Å². The minimum Gasteiger partial charge on any atom is -0.392 e. The third kappa shape index (κ3) is 8.06. The molecule has 0 radical (unpaired) electrons. The van der Waals surface area contributed by atoms with Crippen LogP contribution < -0.4 is 30.9 Å². The molecule has 64 heavy (non-hydrogen) atoms. The van der Waals surface area contributed by atoms with Crippen molar-refractivity contribution in [1.29, 1.82) is 0 Å². The van der Waals surface area contributed by atoms with Gasteiger partial charge in [-0.25, -0.2) is 9.97 Å². The largest absolute Gasteiger partial charge is 0.392 e. The van der Waals surface area contributed by atoms with E-state index in [4.69, 9.17) is 4.98 Å². The molecule has 9 rings (SSSR count). The molecule has 2 amide bonds. The minimum absolute atomic E-state index is 0.0571. The van der Waals surface area contributed by atoms with Gasteiger partial charge in [-0.1, -0.05) is 20.4 Å². The number of aryl methyl sites for hydroxylation is 2. The number of hydrogen-bond acceptors (Lipinski definition) is 11. The van der Waals surface area contributed by atoms with Gasteiger partial charge in [-0.05, 0) is 106 Å². The van der Waals surface area contributed by atoms with Crippen LogP contribution in [0.15, 0.2) is 78.5 Å². The van der Waals surface area contributed by atoms with E-state index in [0.29, 0.717) is 64.9 Å². The Bertz CT molecular complexity index is 2710. The van der Waals surface area contributed by atoms with Crippen molar-refractivity contribution in [3.8, 4) is 11.3 Å². The minimum atomic E-state index is -0.397. The number of nitrogens with zero attached hydrogens (tertiary/aromatic N) is 9. The third-order valence-electron chi connectivity index (χ3n) is 13.7. The molecule has 3 N–H and O–H groups in total. The van der Waals surface area contributed by atoms with Crippen LogP contribution in [0.2, 0.25) is 0 Å². The van der Waals surface area contributed by atoms with Gasteiger partial charge >= 0.3 is 0 Å². The number of anilines is 6. The average Bonchev–Trinajstić information content (AvgIpc) is 3.77. The van der Waals surface area contributed by atoms with Gasteiger partial charge in [0.1, 0.15) is 11.5 Å². The van der Waals surface area contributed by atoms with Gasteiger partial charge in [-0.3, -0.25) is 29.2 Å². The molecule has 1 aliphatic carbocycles. The fourth-order valence-electron chi connectivity index (χ4n) is 10.6. The highest BCUT2D eigenvalue weighted by Crippen LogP contribution is 2.41. The number of benzene rings is 1. The quantitative estimate of drug-likeness (QED) is 0.140. The summed E-state index contributed by atoms with van der Waals surface area (Å²) in [6.07, 6.45) is 10.4. The second-order valence-electron chi connectivity index (χ2n) is 18.8. The maximum Gasteiger partial charge on any atom is 0.293 e. The van der Waals surface area contributed by atoms with E-state index in [-0.39, 0.29) is 34.6 Å². The third-order valence-corrected chi connectivity index (χ3v) is 13.7. The fourth-order valence-corrected chi connectivity index (χ4v) is 10.6. The summed E-state index contributed by atoms with van der Waals surface area (Å²) in [4.78, 5) is 63.4. The molecule has 3 aliphatic heterocycles. The van der Waals surface area contributed by atoms with E-state index in [1.165, 1.54) is 27.6 Å². The summed E-state index contributed by atoms with van der Waals surface area (Å²) in [5.41, 5.74) is 8.60. The van der Waals surface area contributed by atoms with Gasteiger partial charge in [0, 0.05) is 117 Å². The highest BCUT2D eigenvalue weighted by atomic mass is 16.3. The average molecular weight is 866 g/mol. The monoisotopic (exact) mass is 865 g/mol. The number of nitrogens with one attached hydrogen (secondary N) is 2. The number of carbonyl (C=O) groups excluding carboxylic acids is 2. The zero-order valence-corrected chi connectivity index (χ0v) is 37.8. The topological polar surface area (TPSA) is 157 Å². The van der Waals surface area contributed by atoms with Gasteiger partial charge in [0.05, 0.1) is 23.7 Å². The van der Waals surface area contributed by atoms with Crippen LogP contribution in [0.1, 0.15) is 73.5 Å². The molecule has 4 aromatic heterocycles. The first kappa shape index (κ1) is 43.0. The van der Waals surface area contributed by atoms with Gasteiger partial charge in [0.2, 0.25) is 5.91 Å². The van der Waals surface area contributed by atoms with Crippen molar-refractivity contribution in [2.75, 3.05) is 58.1 Å². The van der Waals surface area contributed by atoms with Crippen molar-refractivity contribution in [3.63, 3.8) is 0 Å². The molecular weight excluding hydrogens is 807 g/mol. The lowest BCUT2D eigenvalue weighted by molar-refractivity contribution is -0.111. The molecule has 4 aliphatic rings. The summed E-state index contributed by atoms with van der Waals surface area (Å²) in [7, 11) is 1.65. The van der Waals surface area contributed by atoms with E-state index in [1.54, 1.807) is 30.4 Å². The number of aromatic nitrogens is 5. The van der Waals surface area contributed by atoms with E-state index >= 15 is 0 Å². The van der Waals surface area contributed by atoms with Gasteiger partial charge in [0.15, 0.2) is 5.82 Å². The number of rotatable bonds is 10. The molecule has 1 aromatic carbocycles. The van der Waals surface area contributed by atoms with E-state index in [2.05, 4.69) is 86.3 Å². The van der Waals surface area contributed by atoms with Crippen molar-refractivity contribution in [3.05, 3.63) is 112 Å². The Labute approximate surface area is 374 Å². The first-order chi connectivity index (χ1) is 30.7. The summed E-state index contributed by atoms with van der Waals surface area (Å²) >= 11 is 0. The number of aliphatic hydroxyl groups is 1. The van der Waals surface area contributed by atoms with Crippen LogP contribution in [-0.2, 0) is 37.8 Å². The Morgan fingerprint density at radius 3 is 2.53 bits per heavy atom. The molecule has 334 valence electrons. The van der Waals surface area contributed by atoms with Crippen molar-refractivity contribution in [2.24, 2.45) is 12.5 Å². The number of pyridine rings is 2. The summed E-state index contributed by atoms with van der Waals surface area (Å²) in [6.45, 7) is 19.0. The number of piperidine rings is 1. The molecule has 1 unspecified atom stereocenters. The lowest BCUT2D eigenvalue weighted by Gasteiger charge is -2.48. The van der Waals surface area contributed by atoms with Crippen molar-refractivity contribution in [1.82, 2.24) is 29.0 Å². The van der Waals surface area contributed by atoms with E-state index < -0.39 is 6.61 Å². The van der Waals surface area contributed by atoms with E-state index in [9.17, 15) is 19.5 Å². The van der Waals surface area contributed by atoms with Crippen LogP contribution in [-0.4, -0.2) is 96.8 Å². The van der Waals surface area contributed by atoms with Crippen LogP contribution >= 0.6 is 0 Å². The highest BCUT2D eigenvalue weighted by molar-refractivity contribution is 6.06. The van der Waals surface area contributed by atoms with Crippen molar-refractivity contribution in [2.45, 2.75) is 91.6 Å². The van der Waals surface area contributed by atoms with Crippen LogP contribution in [0, 0.1) is 12.3 Å². The number of hydrogen-bond donors (Lipinski definition) is 3. The standard InChI is InChI=1S/C49H59N11O4/c1-8-44(62)53-39-24-34(9-10-41(39)58-18-17-56(27-32(58)4)35-13-16-57(31(3)22-35)36-11-14-50-30(2)21-36)52-45-48(64)55(7)28-40(54-45)37-12-15-51-46(38(37)29-61)60-20-19-59-42(47(60)63)23-33-25-49(5,6)26-43(33)59/h8-12,14-15,21,23-24,28,31-32,35,61H,1,13,16-20,22,25-27,29H2,2-7H3,(H,52,54)(H,53,62)/t31-,32+,35?/m1/s1. The lowest BCUT2D eigenvalue weighted by atomic mass is 9.90. The second-order valence-corrected chi connectivity index (χ2v) is 18.8. The van der Waals surface area contributed by atoms with Crippen molar-refractivity contribution < 1.29 is 14.7 Å². The Morgan fingerprint density at radius 1 is 0.969 bits per heavy atom. The normalized spacial score (nSPS) is 20.8. The molecular formula is C49H59N11O4. The van der Waals surface area contributed by atoms with Gasteiger partial charge in [-0.2, -0.15) is 0 Å². The zero-order chi connectivity index (χ0) is 45.0. The van der Waals surface area contributed by atoms with Crippen LogP contribution in [0.3, 0.4) is 0 Å². The second kappa shape index (κ2) is 17.0. The maximum absolute atomic E-state index is 14.0. The predicted molar refractivity (Wildman–Crippen MR) is 252 cm³/mol. The smallest absolute Gasteiger partial charge is 0.293 e. The van der Waals surface area contributed by atoms with Gasteiger partial charge in [-0.15, -0.1) is 0 Å². The van der Waals surface area contributed by atoms with Crippen LogP contribution in [0.25, 0.3) is 11.3 Å². The number of aliphatic hydroxyl groups excluding tert-OH is 1. The molecule has 2 saturated heterocycles. The summed E-state index contributed by atoms with van der Waals surface area (Å²) < 4.78 is 3.59. The number of carbonyl (C=O) groups is 2. The Balaban J connectivity index is 0.939. The van der Waals surface area contributed by atoms with Crippen molar-refractivity contribution >= 4 is 46.2 Å². The predicted octanol–water partition coefficient (Wildman–Crippen LogP) is 6.06. The van der Waals surface area contributed by atoms with Crippen LogP contribution in [0.5, 0.6) is 0 Å². The number of piperazine rings is 1. The van der Waals surface area contributed by atoms with E-state index in [0.717, 1.165) is 63.2 Å². The molecule has 0 bridgehead atoms. The molecule has 0 saturated carbocycles. The molecule has 15 nitrogen and oxygen atoms in total. The maximum atomic E-state index is 14.0. The molecule has 7 heterocycles. The highest BCUT2D eigenvalue weighted by Gasteiger charge is 2.38. The summed E-state index contributed by atoms with van der Waals surface area (Å²) in [6, 6.07) is 14.8. The molecule has 3 atom stereocenters. The number of amides is 2. The first-order valence-corrected chi connectivity index (χ1v) is 22.5. The summed E-state index contributed by atoms with van der Waals surface area (Å²) in [5, 5.41) is 17.1. The number of fused-ring (bicyclic) bond motifs is 3. The Hall–Kier alpha value is -6.32. The fraction of sp³-hybridized carbons (Fsp3) is 0.429. The Morgan fingerprint density at radius 2 is 1.78 bits per heavy atom. The van der Waals surface area contributed by atoms with Crippen LogP contribution in [0.4, 0.5) is 34.4 Å². The van der Waals surface area contributed by atoms with E-state index in [1.807, 2.05) is 37.4 Å². The first-order valence-electron chi connectivity index (χ1n) is 22.5. The molecule has 5 aromatic rings. The molecule has 15 heteroatoms. The van der Waals surface area contributed by atoms with Gasteiger partial charge < -0.3 is 34.7 Å². The SMILES string of the molecule is C=CC(=O)Nc1cc(Nc2nc(-c3ccnc(N4CCn5c(cc6c5CC(C)(C)C6)C4=O)c3CO)cn(C)c2=O)ccc1N1CCN(C2CCN(c3ccnc(C)c3)[C@H](C)C2)C[C@@H]1C. The molecule has 0 spiro atoms. The zero-order valence-electron chi connectivity index (χ0n) is 37.8. The summed E-state index contributed by atoms with van der Waals surface area (Å²) in [5.74, 6) is -0.0752. The Kier molecular flexibility index (Phi) is 11.4. The lowest BCUT2D eigenvalue weighted by Crippen LogP contribution is -2.58. The molecule has 2 fully saturated rings.